The molecule has 1 N–H and O–H groups in total. The van der Waals surface area contributed by atoms with Crippen molar-refractivity contribution in [2.75, 3.05) is 0 Å². The number of phenolic OH excluding ortho intramolecular Hbond substituents is 1. The van der Waals surface area contributed by atoms with Crippen molar-refractivity contribution in [1.82, 2.24) is 0 Å². The molecular weight excluding hydrogens is 447 g/mol. The Kier molecular flexibility index (Phi) is 4.29. The standard InChI is InChI=1S/C17H11Br2ClO3/c1-7-3-12-14(8(2)15(7)20)17(22)13(23-12)6-9-4-10(18)16(21)11(19)5-9/h3-6,21H,1-2H3. The summed E-state index contributed by atoms with van der Waals surface area (Å²) in [6, 6.07) is 5.18. The molecule has 0 aliphatic carbocycles. The van der Waals surface area contributed by atoms with Gasteiger partial charge < -0.3 is 9.84 Å². The molecular formula is C17H11Br2ClO3. The van der Waals surface area contributed by atoms with E-state index in [1.54, 1.807) is 24.3 Å². The van der Waals surface area contributed by atoms with Gasteiger partial charge >= 0.3 is 0 Å². The first-order valence-corrected chi connectivity index (χ1v) is 8.68. The van der Waals surface area contributed by atoms with E-state index in [1.807, 2.05) is 13.8 Å². The number of rotatable bonds is 1. The number of carbonyl (C=O) groups excluding carboxylic acids is 1. The van der Waals surface area contributed by atoms with Gasteiger partial charge in [0.05, 0.1) is 14.5 Å². The number of hydrogen-bond donors (Lipinski definition) is 1. The first kappa shape index (κ1) is 16.6. The summed E-state index contributed by atoms with van der Waals surface area (Å²) in [5.74, 6) is 0.666. The number of benzene rings is 2. The molecule has 3 nitrogen and oxygen atoms in total. The molecule has 0 saturated carbocycles. The lowest BCUT2D eigenvalue weighted by Crippen LogP contribution is -2.00. The fraction of sp³-hybridized carbons (Fsp3) is 0.118. The Bertz CT molecular complexity index is 865. The smallest absolute Gasteiger partial charge is 0.232 e. The highest BCUT2D eigenvalue weighted by atomic mass is 79.9. The van der Waals surface area contributed by atoms with Crippen molar-refractivity contribution in [3.05, 3.63) is 60.2 Å². The third kappa shape index (κ3) is 2.82. The number of carbonyl (C=O) groups is 1. The quantitative estimate of drug-likeness (QED) is 0.549. The van der Waals surface area contributed by atoms with Crippen molar-refractivity contribution >= 4 is 55.3 Å². The van der Waals surface area contributed by atoms with E-state index < -0.39 is 0 Å². The van der Waals surface area contributed by atoms with Gasteiger partial charge in [-0.3, -0.25) is 4.79 Å². The lowest BCUT2D eigenvalue weighted by atomic mass is 10.0. The molecule has 0 atom stereocenters. The molecule has 3 rings (SSSR count). The Morgan fingerprint density at radius 3 is 2.39 bits per heavy atom. The van der Waals surface area contributed by atoms with Crippen LogP contribution in [0.25, 0.3) is 6.08 Å². The molecule has 0 saturated heterocycles. The van der Waals surface area contributed by atoms with E-state index in [1.165, 1.54) is 0 Å². The number of aromatic hydroxyl groups is 1. The first-order valence-electron chi connectivity index (χ1n) is 6.71. The van der Waals surface area contributed by atoms with E-state index in [0.717, 1.165) is 16.7 Å². The van der Waals surface area contributed by atoms with Crippen molar-refractivity contribution in [3.63, 3.8) is 0 Å². The molecule has 0 fully saturated rings. The fourth-order valence-electron chi connectivity index (χ4n) is 2.49. The topological polar surface area (TPSA) is 46.5 Å². The number of Topliss-reactive ketones (excluding diaryl/α,β-unsaturated/α-hetero) is 1. The number of hydrogen-bond acceptors (Lipinski definition) is 3. The molecule has 1 aliphatic heterocycles. The molecule has 6 heteroatoms. The lowest BCUT2D eigenvalue weighted by Gasteiger charge is -2.06. The normalized spacial score (nSPS) is 15.0. The molecule has 0 radical (unpaired) electrons. The summed E-state index contributed by atoms with van der Waals surface area (Å²) in [6.07, 6.45) is 1.64. The van der Waals surface area contributed by atoms with Crippen LogP contribution in [0.4, 0.5) is 0 Å². The van der Waals surface area contributed by atoms with E-state index in [4.69, 9.17) is 16.3 Å². The Labute approximate surface area is 155 Å². The van der Waals surface area contributed by atoms with Crippen molar-refractivity contribution in [3.8, 4) is 11.5 Å². The van der Waals surface area contributed by atoms with E-state index >= 15 is 0 Å². The van der Waals surface area contributed by atoms with Gasteiger partial charge in [-0.1, -0.05) is 11.6 Å². The van der Waals surface area contributed by atoms with Crippen LogP contribution in [0.5, 0.6) is 11.5 Å². The average Bonchev–Trinajstić information content (AvgIpc) is 2.78. The fourth-order valence-corrected chi connectivity index (χ4v) is 3.86. The van der Waals surface area contributed by atoms with Crippen LogP contribution >= 0.6 is 43.5 Å². The number of aryl methyl sites for hydroxylation is 1. The Balaban J connectivity index is 2.07. The summed E-state index contributed by atoms with van der Waals surface area (Å²) >= 11 is 12.8. The second-order valence-electron chi connectivity index (χ2n) is 5.28. The SMILES string of the molecule is Cc1cc2c(c(C)c1Cl)C(=O)C(=Cc1cc(Br)c(O)c(Br)c1)O2. The summed E-state index contributed by atoms with van der Waals surface area (Å²) < 4.78 is 6.76. The van der Waals surface area contributed by atoms with Gasteiger partial charge in [0.25, 0.3) is 0 Å². The maximum Gasteiger partial charge on any atom is 0.232 e. The molecule has 2 aromatic rings. The number of fused-ring (bicyclic) bond motifs is 1. The van der Waals surface area contributed by atoms with Gasteiger partial charge in [-0.2, -0.15) is 0 Å². The molecule has 0 spiro atoms. The van der Waals surface area contributed by atoms with E-state index in [2.05, 4.69) is 31.9 Å². The van der Waals surface area contributed by atoms with E-state index in [9.17, 15) is 9.90 Å². The Morgan fingerprint density at radius 2 is 1.78 bits per heavy atom. The number of ether oxygens (including phenoxy) is 1. The molecule has 1 aliphatic rings. The van der Waals surface area contributed by atoms with E-state index in [0.29, 0.717) is 25.3 Å². The van der Waals surface area contributed by atoms with Crippen LogP contribution in [0, 0.1) is 13.8 Å². The van der Waals surface area contributed by atoms with Crippen LogP contribution < -0.4 is 4.74 Å². The number of allylic oxidation sites excluding steroid dienone is 1. The summed E-state index contributed by atoms with van der Waals surface area (Å²) in [5.41, 5.74) is 2.82. The lowest BCUT2D eigenvalue weighted by molar-refractivity contribution is 0.101. The first-order chi connectivity index (χ1) is 10.8. The van der Waals surface area contributed by atoms with Crippen LogP contribution in [-0.4, -0.2) is 10.9 Å². The second kappa shape index (κ2) is 5.96. The summed E-state index contributed by atoms with van der Waals surface area (Å²) in [7, 11) is 0. The van der Waals surface area contributed by atoms with Gasteiger partial charge in [-0.05, 0) is 86.7 Å². The molecule has 0 bridgehead atoms. The predicted octanol–water partition coefficient (Wildman–Crippen LogP) is 5.80. The minimum absolute atomic E-state index is 0.104. The molecule has 0 amide bonds. The van der Waals surface area contributed by atoms with Crippen molar-refractivity contribution < 1.29 is 14.6 Å². The Morgan fingerprint density at radius 1 is 1.17 bits per heavy atom. The predicted molar refractivity (Wildman–Crippen MR) is 97.4 cm³/mol. The van der Waals surface area contributed by atoms with Crippen LogP contribution in [-0.2, 0) is 0 Å². The zero-order valence-electron chi connectivity index (χ0n) is 12.2. The molecule has 1 heterocycles. The number of ketones is 1. The van der Waals surface area contributed by atoms with Gasteiger partial charge in [0.15, 0.2) is 5.76 Å². The zero-order valence-corrected chi connectivity index (χ0v) is 16.1. The monoisotopic (exact) mass is 456 g/mol. The molecule has 118 valence electrons. The second-order valence-corrected chi connectivity index (χ2v) is 7.37. The minimum atomic E-state index is -0.195. The Hall–Kier alpha value is -1.30. The molecule has 0 unspecified atom stereocenters. The van der Waals surface area contributed by atoms with Crippen LogP contribution in [0.15, 0.2) is 32.9 Å². The molecule has 2 aromatic carbocycles. The van der Waals surface area contributed by atoms with Crippen LogP contribution in [0.1, 0.15) is 27.0 Å². The zero-order chi connectivity index (χ0) is 16.9. The van der Waals surface area contributed by atoms with Gasteiger partial charge in [-0.25, -0.2) is 0 Å². The van der Waals surface area contributed by atoms with Gasteiger partial charge in [-0.15, -0.1) is 0 Å². The van der Waals surface area contributed by atoms with Gasteiger partial charge in [0.2, 0.25) is 5.78 Å². The highest BCUT2D eigenvalue weighted by Gasteiger charge is 2.31. The maximum absolute atomic E-state index is 12.6. The highest BCUT2D eigenvalue weighted by molar-refractivity contribution is 9.11. The van der Waals surface area contributed by atoms with Crippen molar-refractivity contribution in [2.24, 2.45) is 0 Å². The minimum Gasteiger partial charge on any atom is -0.506 e. The highest BCUT2D eigenvalue weighted by Crippen LogP contribution is 2.40. The van der Waals surface area contributed by atoms with Gasteiger partial charge in [0.1, 0.15) is 11.5 Å². The van der Waals surface area contributed by atoms with Crippen molar-refractivity contribution in [2.45, 2.75) is 13.8 Å². The number of phenols is 1. The van der Waals surface area contributed by atoms with Crippen LogP contribution in [0.3, 0.4) is 0 Å². The van der Waals surface area contributed by atoms with Gasteiger partial charge in [0, 0.05) is 5.02 Å². The molecule has 0 aromatic heterocycles. The molecule has 23 heavy (non-hydrogen) atoms. The summed E-state index contributed by atoms with van der Waals surface area (Å²) in [6.45, 7) is 3.69. The third-order valence-corrected chi connectivity index (χ3v) is 5.44. The number of halogens is 3. The maximum atomic E-state index is 12.6. The third-order valence-electron chi connectivity index (χ3n) is 3.65. The summed E-state index contributed by atoms with van der Waals surface area (Å²) in [4.78, 5) is 12.6. The largest absolute Gasteiger partial charge is 0.506 e. The van der Waals surface area contributed by atoms with E-state index in [-0.39, 0.29) is 17.3 Å². The van der Waals surface area contributed by atoms with Crippen molar-refractivity contribution in [1.29, 1.82) is 0 Å². The summed E-state index contributed by atoms with van der Waals surface area (Å²) in [5, 5.41) is 10.3. The van der Waals surface area contributed by atoms with Crippen LogP contribution in [0.2, 0.25) is 5.02 Å². The average molecular weight is 459 g/mol.